The van der Waals surface area contributed by atoms with Gasteiger partial charge in [0.05, 0.1) is 17.8 Å². The van der Waals surface area contributed by atoms with Crippen molar-refractivity contribution in [1.29, 1.82) is 0 Å². The van der Waals surface area contributed by atoms with Gasteiger partial charge in [-0.05, 0) is 78.3 Å². The smallest absolute Gasteiger partial charge is 0.143 e. The highest BCUT2D eigenvalue weighted by molar-refractivity contribution is 6.22. The Morgan fingerprint density at radius 2 is 1.02 bits per heavy atom. The van der Waals surface area contributed by atoms with Gasteiger partial charge in [0.15, 0.2) is 0 Å². The van der Waals surface area contributed by atoms with E-state index < -0.39 is 36.3 Å². The molecule has 0 atom stereocenters. The van der Waals surface area contributed by atoms with E-state index in [-0.39, 0.29) is 91.7 Å². The van der Waals surface area contributed by atoms with E-state index in [9.17, 15) is 6.85 Å². The van der Waals surface area contributed by atoms with Crippen molar-refractivity contribution in [1.82, 2.24) is 0 Å². The van der Waals surface area contributed by atoms with E-state index in [4.69, 9.17) is 15.4 Å². The average molecular weight is 560 g/mol. The van der Waals surface area contributed by atoms with Gasteiger partial charge in [0.25, 0.3) is 0 Å². The molecule has 0 unspecified atom stereocenters. The van der Waals surface area contributed by atoms with E-state index in [1.165, 1.54) is 0 Å². The second kappa shape index (κ2) is 9.44. The van der Waals surface area contributed by atoms with Gasteiger partial charge in [0, 0.05) is 16.3 Å². The molecule has 0 saturated heterocycles. The Morgan fingerprint density at radius 3 is 1.72 bits per heavy atom. The fourth-order valence-electron chi connectivity index (χ4n) is 5.93. The molecule has 200 valence electrons. The highest BCUT2D eigenvalue weighted by atomic mass is 16.3. The minimum absolute atomic E-state index is 0.0254. The van der Waals surface area contributed by atoms with Crippen molar-refractivity contribution < 1.29 is 22.2 Å². The molecule has 0 bridgehead atoms. The van der Waals surface area contributed by atoms with Crippen LogP contribution < -0.4 is 0 Å². The summed E-state index contributed by atoms with van der Waals surface area (Å²) in [6, 6.07) is 17.5. The zero-order valence-corrected chi connectivity index (χ0v) is 22.4. The number of fused-ring (bicyclic) bond motifs is 6. The van der Waals surface area contributed by atoms with E-state index in [1.54, 1.807) is 78.9 Å². The molecule has 1 aromatic heterocycles. The molecule has 43 heavy (non-hydrogen) atoms. The first-order valence-corrected chi connectivity index (χ1v) is 13.7. The Morgan fingerprint density at radius 1 is 0.419 bits per heavy atom. The van der Waals surface area contributed by atoms with Gasteiger partial charge in [0.2, 0.25) is 0 Å². The van der Waals surface area contributed by atoms with Crippen molar-refractivity contribution in [2.24, 2.45) is 0 Å². The van der Waals surface area contributed by atoms with E-state index >= 15 is 0 Å². The van der Waals surface area contributed by atoms with E-state index in [1.807, 2.05) is 0 Å². The first-order valence-electron chi connectivity index (χ1n) is 20.2. The molecule has 0 aliphatic rings. The van der Waals surface area contributed by atoms with Crippen molar-refractivity contribution in [3.05, 3.63) is 157 Å². The quantitative estimate of drug-likeness (QED) is 0.196. The summed E-state index contributed by atoms with van der Waals surface area (Å²) in [5.74, 6) is 0. The topological polar surface area (TPSA) is 13.1 Å². The average Bonchev–Trinajstić information content (AvgIpc) is 3.60. The summed E-state index contributed by atoms with van der Waals surface area (Å²) in [4.78, 5) is 0. The Balaban J connectivity index is 1.45. The van der Waals surface area contributed by atoms with Gasteiger partial charge in [-0.3, -0.25) is 0 Å². The lowest BCUT2D eigenvalue weighted by Gasteiger charge is -2.18. The predicted octanol–water partition coefficient (Wildman–Crippen LogP) is 12.0. The van der Waals surface area contributed by atoms with Crippen LogP contribution >= 0.6 is 0 Å². The highest BCUT2D eigenvalue weighted by Crippen LogP contribution is 2.45. The standard InChI is InChI=1S/C42H26O/c1-2-12-28(13-3-1)32-19-10-20-37-38-26-31(23-24-39(38)43-42(32)37)41-35-17-8-6-15-33(35)40(34-16-7-9-18-36(34)41)30-22-21-27-11-4-5-14-29(27)25-30/h1-26H/i4D,5D,10D,11D,14D,19D,20D,21D,22D,23D,24D,25D,26D. The maximum Gasteiger partial charge on any atom is 0.143 e. The van der Waals surface area contributed by atoms with Crippen LogP contribution in [0.4, 0.5) is 0 Å². The molecule has 0 fully saturated rings. The minimum atomic E-state index is -0.566. The maximum absolute atomic E-state index is 9.73. The molecule has 0 N–H and O–H groups in total. The van der Waals surface area contributed by atoms with Crippen LogP contribution in [0.25, 0.3) is 87.6 Å². The maximum atomic E-state index is 9.73. The van der Waals surface area contributed by atoms with Gasteiger partial charge >= 0.3 is 0 Å². The second-order valence-corrected chi connectivity index (χ2v) is 10.2. The number of furan rings is 1. The normalized spacial score (nSPS) is 16.0. The summed E-state index contributed by atoms with van der Waals surface area (Å²) in [5, 5.41) is 1.59. The molecular weight excluding hydrogens is 520 g/mol. The van der Waals surface area contributed by atoms with Gasteiger partial charge in [-0.15, -0.1) is 0 Å². The molecule has 1 heteroatoms. The summed E-state index contributed by atoms with van der Waals surface area (Å²) in [5.41, 5.74) is 1.46. The summed E-state index contributed by atoms with van der Waals surface area (Å²) in [6.45, 7) is 0. The van der Waals surface area contributed by atoms with Gasteiger partial charge in [-0.2, -0.15) is 0 Å². The van der Waals surface area contributed by atoms with E-state index in [0.29, 0.717) is 38.2 Å². The number of benzene rings is 8. The summed E-state index contributed by atoms with van der Waals surface area (Å²) >= 11 is 0. The molecule has 0 aliphatic heterocycles. The van der Waals surface area contributed by atoms with Gasteiger partial charge < -0.3 is 4.42 Å². The van der Waals surface area contributed by atoms with Crippen LogP contribution in [0.3, 0.4) is 0 Å². The predicted molar refractivity (Wildman–Crippen MR) is 183 cm³/mol. The zero-order valence-electron chi connectivity index (χ0n) is 35.4. The third kappa shape index (κ3) is 3.72. The van der Waals surface area contributed by atoms with Gasteiger partial charge in [-0.25, -0.2) is 0 Å². The van der Waals surface area contributed by atoms with Crippen molar-refractivity contribution in [3.63, 3.8) is 0 Å². The minimum Gasteiger partial charge on any atom is -0.455 e. The van der Waals surface area contributed by atoms with Crippen molar-refractivity contribution in [2.75, 3.05) is 0 Å². The molecule has 9 rings (SSSR count). The molecule has 8 aromatic carbocycles. The number of hydrogen-bond donors (Lipinski definition) is 0. The van der Waals surface area contributed by atoms with Crippen LogP contribution in [-0.2, 0) is 0 Å². The third-order valence-electron chi connectivity index (χ3n) is 7.81. The summed E-state index contributed by atoms with van der Waals surface area (Å²) < 4.78 is 122. The number of rotatable bonds is 3. The molecule has 0 saturated carbocycles. The van der Waals surface area contributed by atoms with Gasteiger partial charge in [-0.1, -0.05) is 139 Å². The summed E-state index contributed by atoms with van der Waals surface area (Å²) in [6.07, 6.45) is 0. The number of para-hydroxylation sites is 1. The number of hydrogen-bond acceptors (Lipinski definition) is 1. The van der Waals surface area contributed by atoms with Crippen LogP contribution in [-0.4, -0.2) is 0 Å². The van der Waals surface area contributed by atoms with E-state index in [2.05, 4.69) is 0 Å². The molecule has 0 radical (unpaired) electrons. The highest BCUT2D eigenvalue weighted by Gasteiger charge is 2.18. The largest absolute Gasteiger partial charge is 0.455 e. The lowest BCUT2D eigenvalue weighted by atomic mass is 9.85. The first-order chi connectivity index (χ1) is 26.8. The van der Waals surface area contributed by atoms with Gasteiger partial charge in [0.1, 0.15) is 11.2 Å². The fourth-order valence-corrected chi connectivity index (χ4v) is 5.93. The fraction of sp³-hybridized carbons (Fsp3) is 0. The van der Waals surface area contributed by atoms with Crippen LogP contribution in [0.15, 0.2) is 162 Å². The molecule has 9 aromatic rings. The Bertz CT molecular complexity index is 3170. The monoisotopic (exact) mass is 559 g/mol. The summed E-state index contributed by atoms with van der Waals surface area (Å²) in [7, 11) is 0. The van der Waals surface area contributed by atoms with E-state index in [0.717, 1.165) is 0 Å². The zero-order chi connectivity index (χ0) is 39.6. The lowest BCUT2D eigenvalue weighted by Crippen LogP contribution is -1.91. The van der Waals surface area contributed by atoms with Crippen molar-refractivity contribution >= 4 is 54.3 Å². The molecule has 0 amide bonds. The van der Waals surface area contributed by atoms with Crippen molar-refractivity contribution in [2.45, 2.75) is 0 Å². The molecule has 0 aliphatic carbocycles. The van der Waals surface area contributed by atoms with Crippen LogP contribution in [0, 0.1) is 0 Å². The SMILES string of the molecule is [2H]c1c(-c2c3ccccc3c(-c3c([2H])c([2H])c4c([2H])c([2H])c([2H])c([2H])c4c3[2H])c3ccccc23)c([2H])c2c(oc3c(-c4ccccc4)c([2H])c([2H])c([2H])c32)c1[2H]. The molecule has 0 spiro atoms. The molecule has 1 heterocycles. The van der Waals surface area contributed by atoms with Crippen LogP contribution in [0.1, 0.15) is 17.8 Å². The Hall–Kier alpha value is -5.66. The van der Waals surface area contributed by atoms with Crippen LogP contribution in [0.5, 0.6) is 0 Å². The lowest BCUT2D eigenvalue weighted by molar-refractivity contribution is 0.670. The van der Waals surface area contributed by atoms with Crippen molar-refractivity contribution in [3.8, 4) is 33.4 Å². The van der Waals surface area contributed by atoms with Crippen LogP contribution in [0.2, 0.25) is 0 Å². The Labute approximate surface area is 267 Å². The second-order valence-electron chi connectivity index (χ2n) is 10.2. The molecule has 1 nitrogen and oxygen atoms in total. The third-order valence-corrected chi connectivity index (χ3v) is 7.81. The first kappa shape index (κ1) is 14.5. The molecular formula is C42H26O. The Kier molecular flexibility index (Phi) is 3.18.